The number of likely N-dealkylation sites (tertiary alicyclic amines) is 1. The van der Waals surface area contributed by atoms with Crippen molar-refractivity contribution in [1.82, 2.24) is 19.7 Å². The van der Waals surface area contributed by atoms with E-state index in [1.165, 1.54) is 0 Å². The Morgan fingerprint density at radius 1 is 1.02 bits per heavy atom. The number of benzene rings is 2. The molecule has 232 valence electrons. The van der Waals surface area contributed by atoms with Crippen LogP contribution >= 0.6 is 23.4 Å². The predicted molar refractivity (Wildman–Crippen MR) is 168 cm³/mol. The smallest absolute Gasteiger partial charge is 0.341 e. The molecule has 3 aliphatic rings. The molecule has 9 nitrogen and oxygen atoms in total. The van der Waals surface area contributed by atoms with Crippen molar-refractivity contribution in [2.24, 2.45) is 0 Å². The number of halogens is 1. The molecule has 3 fully saturated rings. The second-order valence-corrected chi connectivity index (χ2v) is 13.1. The van der Waals surface area contributed by atoms with Crippen molar-refractivity contribution in [3.05, 3.63) is 83.0 Å². The second kappa shape index (κ2) is 14.2. The van der Waals surface area contributed by atoms with Crippen molar-refractivity contribution in [3.63, 3.8) is 0 Å². The fourth-order valence-electron chi connectivity index (χ4n) is 6.37. The van der Waals surface area contributed by atoms with E-state index in [-0.39, 0.29) is 30.8 Å². The Morgan fingerprint density at radius 3 is 2.48 bits per heavy atom. The Morgan fingerprint density at radius 2 is 1.80 bits per heavy atom. The summed E-state index contributed by atoms with van der Waals surface area (Å²) >= 11 is 7.93. The number of carboxylic acid groups (broad SMARTS) is 1. The molecule has 2 aromatic carbocycles. The van der Waals surface area contributed by atoms with Crippen LogP contribution in [0.1, 0.15) is 42.9 Å². The molecule has 6 rings (SSSR count). The van der Waals surface area contributed by atoms with E-state index in [1.54, 1.807) is 23.9 Å². The molecule has 0 saturated carbocycles. The lowest BCUT2D eigenvalue weighted by atomic mass is 9.98. The average molecular weight is 637 g/mol. The van der Waals surface area contributed by atoms with E-state index in [0.717, 1.165) is 66.4 Å². The van der Waals surface area contributed by atoms with Gasteiger partial charge in [0.2, 0.25) is 0 Å². The Labute approximate surface area is 267 Å². The van der Waals surface area contributed by atoms with Crippen molar-refractivity contribution in [1.29, 1.82) is 0 Å². The van der Waals surface area contributed by atoms with Gasteiger partial charge in [0.25, 0.3) is 0 Å². The molecule has 2 amide bonds. The summed E-state index contributed by atoms with van der Waals surface area (Å²) in [5.41, 5.74) is 2.26. The van der Waals surface area contributed by atoms with E-state index in [4.69, 9.17) is 26.2 Å². The van der Waals surface area contributed by atoms with Gasteiger partial charge in [-0.15, -0.1) is 0 Å². The van der Waals surface area contributed by atoms with Crippen molar-refractivity contribution >= 4 is 35.4 Å². The monoisotopic (exact) mass is 636 g/mol. The first-order valence-electron chi connectivity index (χ1n) is 15.1. The summed E-state index contributed by atoms with van der Waals surface area (Å²) < 4.78 is 10.8. The molecule has 4 heterocycles. The van der Waals surface area contributed by atoms with E-state index in [9.17, 15) is 9.59 Å². The summed E-state index contributed by atoms with van der Waals surface area (Å²) in [5, 5.41) is 10.4. The molecule has 1 unspecified atom stereocenters. The van der Waals surface area contributed by atoms with Crippen LogP contribution in [0.4, 0.5) is 4.79 Å². The average Bonchev–Trinajstić information content (AvgIpc) is 3.39. The molecule has 44 heavy (non-hydrogen) atoms. The number of ether oxygens (including phenoxy) is 2. The van der Waals surface area contributed by atoms with Crippen LogP contribution < -0.4 is 4.74 Å². The number of piperidine rings is 1. The fourth-order valence-corrected chi connectivity index (χ4v) is 7.33. The van der Waals surface area contributed by atoms with E-state index >= 15 is 0 Å². The normalized spacial score (nSPS) is 20.3. The topological polar surface area (TPSA) is 95.4 Å². The molecular weight excluding hydrogens is 600 g/mol. The van der Waals surface area contributed by atoms with Crippen LogP contribution in [-0.4, -0.2) is 88.3 Å². The summed E-state index contributed by atoms with van der Waals surface area (Å²) in [7, 11) is 0. The minimum Gasteiger partial charge on any atom is -0.482 e. The van der Waals surface area contributed by atoms with Gasteiger partial charge in [-0.05, 0) is 79.3 Å². The minimum absolute atomic E-state index is 0.00307. The maximum absolute atomic E-state index is 13.9. The molecule has 11 heteroatoms. The molecule has 0 bridgehead atoms. The highest BCUT2D eigenvalue weighted by molar-refractivity contribution is 7.99. The Hall–Kier alpha value is -3.31. The number of aromatic nitrogens is 1. The van der Waals surface area contributed by atoms with Crippen molar-refractivity contribution < 1.29 is 24.2 Å². The molecule has 3 aliphatic heterocycles. The molecule has 0 radical (unpaired) electrons. The predicted octanol–water partition coefficient (Wildman–Crippen LogP) is 5.97. The first-order chi connectivity index (χ1) is 21.4. The molecule has 1 N–H and O–H groups in total. The number of amides is 2. The minimum atomic E-state index is -1.00. The Kier molecular flexibility index (Phi) is 9.91. The standard InChI is InChI=1S/C33H37ClN4O5S/c34-25-3-1-2-24(18-25)30-21-37(26-12-16-42-17-13-26)33(41)38(30)27-10-14-36(15-11-27)20-23-4-9-31(35-19-23)44-29-7-5-28(6-8-29)43-22-32(39)40/h1-9,18-19,26-27,30H,10-17,20-22H2,(H,39,40). The lowest BCUT2D eigenvalue weighted by molar-refractivity contribution is -0.139. The van der Waals surface area contributed by atoms with Gasteiger partial charge in [-0.3, -0.25) is 4.90 Å². The Bertz CT molecular complexity index is 1430. The molecule has 1 atom stereocenters. The van der Waals surface area contributed by atoms with E-state index < -0.39 is 5.97 Å². The van der Waals surface area contributed by atoms with E-state index in [2.05, 4.69) is 31.8 Å². The first-order valence-corrected chi connectivity index (χ1v) is 16.3. The van der Waals surface area contributed by atoms with Gasteiger partial charge in [0, 0.05) is 67.6 Å². The zero-order valence-corrected chi connectivity index (χ0v) is 26.1. The van der Waals surface area contributed by atoms with Crippen LogP contribution in [0.25, 0.3) is 0 Å². The van der Waals surface area contributed by atoms with E-state index in [0.29, 0.717) is 30.5 Å². The number of urea groups is 1. The summed E-state index contributed by atoms with van der Waals surface area (Å²) in [5.74, 6) is -0.478. The number of hydrogen-bond donors (Lipinski definition) is 1. The van der Waals surface area contributed by atoms with Crippen LogP contribution in [0.5, 0.6) is 5.75 Å². The van der Waals surface area contributed by atoms with Gasteiger partial charge in [0.15, 0.2) is 6.61 Å². The van der Waals surface area contributed by atoms with Crippen LogP contribution in [0.2, 0.25) is 5.02 Å². The number of hydrogen-bond acceptors (Lipinski definition) is 7. The number of nitrogens with zero attached hydrogens (tertiary/aromatic N) is 4. The SMILES string of the molecule is O=C(O)COc1ccc(Sc2ccc(CN3CCC(N4C(=O)N(C5CCOCC5)CC4c4cccc(Cl)c4)CC3)cn2)cc1. The highest BCUT2D eigenvalue weighted by Gasteiger charge is 2.45. The lowest BCUT2D eigenvalue weighted by Gasteiger charge is -2.39. The zero-order valence-electron chi connectivity index (χ0n) is 24.5. The number of carbonyl (C=O) groups is 2. The summed E-state index contributed by atoms with van der Waals surface area (Å²) in [6, 6.07) is 20.0. The Balaban J connectivity index is 1.04. The summed E-state index contributed by atoms with van der Waals surface area (Å²) in [4.78, 5) is 36.9. The first kappa shape index (κ1) is 30.7. The number of rotatable bonds is 10. The lowest BCUT2D eigenvalue weighted by Crippen LogP contribution is -2.48. The highest BCUT2D eigenvalue weighted by atomic mass is 35.5. The van der Waals surface area contributed by atoms with Crippen LogP contribution in [-0.2, 0) is 16.1 Å². The third-order valence-electron chi connectivity index (χ3n) is 8.60. The number of carbonyl (C=O) groups excluding carboxylic acids is 1. The van der Waals surface area contributed by atoms with Crippen LogP contribution in [0.3, 0.4) is 0 Å². The molecule has 1 aromatic heterocycles. The van der Waals surface area contributed by atoms with Crippen LogP contribution in [0.15, 0.2) is 76.8 Å². The van der Waals surface area contributed by atoms with E-state index in [1.807, 2.05) is 42.6 Å². The zero-order chi connectivity index (χ0) is 30.5. The molecule has 3 saturated heterocycles. The number of pyridine rings is 1. The van der Waals surface area contributed by atoms with Gasteiger partial charge >= 0.3 is 12.0 Å². The number of aliphatic carboxylic acids is 1. The van der Waals surface area contributed by atoms with Crippen molar-refractivity contribution in [2.75, 3.05) is 39.5 Å². The largest absolute Gasteiger partial charge is 0.482 e. The summed E-state index contributed by atoms with van der Waals surface area (Å²) in [6.45, 7) is 4.41. The van der Waals surface area contributed by atoms with Gasteiger partial charge in [-0.2, -0.15) is 0 Å². The van der Waals surface area contributed by atoms with Crippen molar-refractivity contribution in [2.45, 2.75) is 60.3 Å². The third kappa shape index (κ3) is 7.48. The maximum atomic E-state index is 13.9. The van der Waals surface area contributed by atoms with Gasteiger partial charge < -0.3 is 24.4 Å². The molecule has 0 spiro atoms. The molecule has 0 aliphatic carbocycles. The van der Waals surface area contributed by atoms with Gasteiger partial charge in [-0.25, -0.2) is 14.6 Å². The van der Waals surface area contributed by atoms with Crippen molar-refractivity contribution in [3.8, 4) is 5.75 Å². The summed E-state index contributed by atoms with van der Waals surface area (Å²) in [6.07, 6.45) is 5.57. The second-order valence-electron chi connectivity index (χ2n) is 11.5. The van der Waals surface area contributed by atoms with Crippen LogP contribution in [0, 0.1) is 0 Å². The highest BCUT2D eigenvalue weighted by Crippen LogP contribution is 2.38. The molecular formula is C33H37ClN4O5S. The maximum Gasteiger partial charge on any atom is 0.341 e. The quantitative estimate of drug-likeness (QED) is 0.291. The molecule has 3 aromatic rings. The fraction of sp³-hybridized carbons (Fsp3) is 0.424. The van der Waals surface area contributed by atoms with Gasteiger partial charge in [0.05, 0.1) is 6.04 Å². The van der Waals surface area contributed by atoms with Gasteiger partial charge in [0.1, 0.15) is 10.8 Å². The number of carboxylic acids is 1. The van der Waals surface area contributed by atoms with Gasteiger partial charge in [-0.1, -0.05) is 41.6 Å². The third-order valence-corrected chi connectivity index (χ3v) is 9.79.